The van der Waals surface area contributed by atoms with E-state index in [9.17, 15) is 14.0 Å². The Bertz CT molecular complexity index is 1170. The molecule has 0 atom stereocenters. The van der Waals surface area contributed by atoms with Crippen molar-refractivity contribution in [3.8, 4) is 5.88 Å². The number of rotatable bonds is 10. The minimum absolute atomic E-state index is 0.0992. The number of aromatic nitrogens is 1. The fraction of sp³-hybridized carbons (Fsp3) is 0.414. The maximum Gasteiger partial charge on any atom is 0.284 e. The molecule has 2 heterocycles. The Kier molecular flexibility index (Phi) is 9.01. The first-order valence-electron chi connectivity index (χ1n) is 12.8. The second-order valence-electron chi connectivity index (χ2n) is 9.59. The van der Waals surface area contributed by atoms with E-state index in [1.807, 2.05) is 24.4 Å². The molecule has 5 rings (SSSR count). The van der Waals surface area contributed by atoms with Crippen LogP contribution in [0.25, 0.3) is 10.8 Å². The summed E-state index contributed by atoms with van der Waals surface area (Å²) in [6, 6.07) is 14.2. The highest BCUT2D eigenvalue weighted by atomic mass is 19.1. The summed E-state index contributed by atoms with van der Waals surface area (Å²) in [6.45, 7) is 3.83. The number of amides is 1. The van der Waals surface area contributed by atoms with E-state index < -0.39 is 11.7 Å². The number of nitrogens with two attached hydrogens (primary N) is 1. The molecular weight excluding hydrogens is 457 g/mol. The molecule has 1 saturated heterocycles. The highest BCUT2D eigenvalue weighted by molar-refractivity contribution is 6.35. The fourth-order valence-corrected chi connectivity index (χ4v) is 4.30. The van der Waals surface area contributed by atoms with E-state index in [1.165, 1.54) is 69.4 Å². The van der Waals surface area contributed by atoms with Crippen LogP contribution in [0.3, 0.4) is 0 Å². The number of fused-ring (bicyclic) bond motifs is 1. The van der Waals surface area contributed by atoms with Crippen LogP contribution >= 0.6 is 0 Å². The molecule has 0 spiro atoms. The van der Waals surface area contributed by atoms with Gasteiger partial charge in [-0.1, -0.05) is 30.3 Å². The standard InChI is InChI=1S/C15H22N2O.C14H12FNO2/c1-2-10-17(9-1)11-3-4-13-5-8-15(16-12-13)18-14-6-7-14;15-12-5-4-10-7-9(1-3-11(10)8-12)2-6-13(17)14(16)18/h5,8,12,14H,1-4,6-7,9-11H2;1,3-5,7-8H,2,6H2,(H2,16,18). The Morgan fingerprint density at radius 3 is 2.39 bits per heavy atom. The Labute approximate surface area is 211 Å². The molecule has 1 aliphatic carbocycles. The summed E-state index contributed by atoms with van der Waals surface area (Å²) >= 11 is 0. The summed E-state index contributed by atoms with van der Waals surface area (Å²) in [4.78, 5) is 28.6. The zero-order valence-electron chi connectivity index (χ0n) is 20.6. The molecule has 0 radical (unpaired) electrons. The Morgan fingerprint density at radius 2 is 1.69 bits per heavy atom. The van der Waals surface area contributed by atoms with Crippen LogP contribution in [-0.4, -0.2) is 47.3 Å². The van der Waals surface area contributed by atoms with Gasteiger partial charge < -0.3 is 15.4 Å². The predicted molar refractivity (Wildman–Crippen MR) is 138 cm³/mol. The normalized spacial score (nSPS) is 15.4. The molecule has 2 aliphatic rings. The van der Waals surface area contributed by atoms with Crippen molar-refractivity contribution in [3.05, 3.63) is 71.7 Å². The third kappa shape index (κ3) is 8.12. The molecule has 0 bridgehead atoms. The predicted octanol–water partition coefficient (Wildman–Crippen LogP) is 4.62. The summed E-state index contributed by atoms with van der Waals surface area (Å²) in [5.41, 5.74) is 7.13. The SMILES string of the molecule is NC(=O)C(=O)CCc1ccc2cc(F)ccc2c1.c1cc(OC2CC2)ncc1CCCN1CCCC1. The number of aryl methyl sites for hydroxylation is 2. The number of Topliss-reactive ketones (excluding diaryl/α,β-unsaturated/α-hetero) is 1. The Morgan fingerprint density at radius 1 is 0.972 bits per heavy atom. The van der Waals surface area contributed by atoms with E-state index in [2.05, 4.69) is 16.0 Å². The van der Waals surface area contributed by atoms with Crippen LogP contribution in [0.15, 0.2) is 54.7 Å². The number of carbonyl (C=O) groups is 2. The molecule has 1 amide bonds. The van der Waals surface area contributed by atoms with Gasteiger partial charge >= 0.3 is 0 Å². The summed E-state index contributed by atoms with van der Waals surface area (Å²) in [7, 11) is 0. The number of primary amides is 1. The van der Waals surface area contributed by atoms with E-state index in [-0.39, 0.29) is 12.2 Å². The third-order valence-corrected chi connectivity index (χ3v) is 6.53. The van der Waals surface area contributed by atoms with E-state index >= 15 is 0 Å². The molecule has 7 heteroatoms. The molecule has 36 heavy (non-hydrogen) atoms. The van der Waals surface area contributed by atoms with Gasteiger partial charge in [0.05, 0.1) is 0 Å². The molecule has 1 aliphatic heterocycles. The molecule has 190 valence electrons. The molecule has 2 N–H and O–H groups in total. The smallest absolute Gasteiger partial charge is 0.284 e. The van der Waals surface area contributed by atoms with Crippen LogP contribution in [-0.2, 0) is 22.4 Å². The fourth-order valence-electron chi connectivity index (χ4n) is 4.30. The van der Waals surface area contributed by atoms with Crippen molar-refractivity contribution >= 4 is 22.5 Å². The Hall–Kier alpha value is -3.32. The highest BCUT2D eigenvalue weighted by Gasteiger charge is 2.23. The lowest BCUT2D eigenvalue weighted by Crippen LogP contribution is -2.23. The monoisotopic (exact) mass is 491 g/mol. The van der Waals surface area contributed by atoms with E-state index in [0.29, 0.717) is 12.5 Å². The van der Waals surface area contributed by atoms with E-state index in [1.54, 1.807) is 12.1 Å². The van der Waals surface area contributed by atoms with Gasteiger partial charge in [0.1, 0.15) is 11.9 Å². The number of ketones is 1. The molecular formula is C29H34FN3O3. The summed E-state index contributed by atoms with van der Waals surface area (Å²) in [6.07, 6.45) is 10.5. The lowest BCUT2D eigenvalue weighted by Gasteiger charge is -2.13. The van der Waals surface area contributed by atoms with Crippen molar-refractivity contribution in [1.82, 2.24) is 9.88 Å². The summed E-state index contributed by atoms with van der Waals surface area (Å²) < 4.78 is 18.6. The van der Waals surface area contributed by atoms with Gasteiger partial charge in [0, 0.05) is 18.7 Å². The topological polar surface area (TPSA) is 85.5 Å². The van der Waals surface area contributed by atoms with Gasteiger partial charge in [-0.15, -0.1) is 0 Å². The first-order chi connectivity index (χ1) is 17.5. The average Bonchev–Trinajstić information content (AvgIpc) is 3.54. The lowest BCUT2D eigenvalue weighted by atomic mass is 10.0. The van der Waals surface area contributed by atoms with Crippen LogP contribution in [0.2, 0.25) is 0 Å². The van der Waals surface area contributed by atoms with Crippen LogP contribution in [0, 0.1) is 5.82 Å². The second kappa shape index (κ2) is 12.6. The zero-order valence-corrected chi connectivity index (χ0v) is 20.6. The second-order valence-corrected chi connectivity index (χ2v) is 9.59. The summed E-state index contributed by atoms with van der Waals surface area (Å²) in [5.74, 6) is -0.966. The van der Waals surface area contributed by atoms with Gasteiger partial charge in [-0.05, 0) is 98.6 Å². The van der Waals surface area contributed by atoms with Crippen LogP contribution < -0.4 is 10.5 Å². The molecule has 1 saturated carbocycles. The maximum absolute atomic E-state index is 13.0. The lowest BCUT2D eigenvalue weighted by molar-refractivity contribution is -0.135. The van der Waals surface area contributed by atoms with Gasteiger partial charge in [-0.25, -0.2) is 9.37 Å². The number of pyridine rings is 1. The third-order valence-electron chi connectivity index (χ3n) is 6.53. The molecule has 3 aromatic rings. The average molecular weight is 492 g/mol. The molecule has 1 aromatic heterocycles. The van der Waals surface area contributed by atoms with Crippen molar-refractivity contribution in [3.63, 3.8) is 0 Å². The largest absolute Gasteiger partial charge is 0.474 e. The maximum atomic E-state index is 13.0. The highest BCUT2D eigenvalue weighted by Crippen LogP contribution is 2.25. The van der Waals surface area contributed by atoms with Crippen LogP contribution in [0.4, 0.5) is 4.39 Å². The van der Waals surface area contributed by atoms with E-state index in [0.717, 1.165) is 28.6 Å². The van der Waals surface area contributed by atoms with Gasteiger partial charge in [0.25, 0.3) is 5.91 Å². The minimum Gasteiger partial charge on any atom is -0.474 e. The number of hydrogen-bond acceptors (Lipinski definition) is 5. The number of benzene rings is 2. The number of carbonyl (C=O) groups excluding carboxylic acids is 2. The van der Waals surface area contributed by atoms with E-state index in [4.69, 9.17) is 10.5 Å². The number of halogens is 1. The first kappa shape index (κ1) is 25.8. The minimum atomic E-state index is -0.905. The molecule has 2 aromatic carbocycles. The summed E-state index contributed by atoms with van der Waals surface area (Å²) in [5, 5.41) is 1.71. The molecule has 6 nitrogen and oxygen atoms in total. The van der Waals surface area contributed by atoms with Gasteiger partial charge in [0.15, 0.2) is 0 Å². The van der Waals surface area contributed by atoms with Crippen molar-refractivity contribution in [2.45, 2.75) is 57.5 Å². The van der Waals surface area contributed by atoms with Gasteiger partial charge in [-0.3, -0.25) is 9.59 Å². The van der Waals surface area contributed by atoms with Crippen LogP contribution in [0.1, 0.15) is 49.7 Å². The van der Waals surface area contributed by atoms with Crippen molar-refractivity contribution in [1.29, 1.82) is 0 Å². The molecule has 2 fully saturated rings. The van der Waals surface area contributed by atoms with Gasteiger partial charge in [0.2, 0.25) is 11.7 Å². The zero-order chi connectivity index (χ0) is 25.3. The first-order valence-corrected chi connectivity index (χ1v) is 12.8. The number of nitrogens with zero attached hydrogens (tertiary/aromatic N) is 2. The number of hydrogen-bond donors (Lipinski definition) is 1. The van der Waals surface area contributed by atoms with Crippen LogP contribution in [0.5, 0.6) is 5.88 Å². The quantitative estimate of drug-likeness (QED) is 0.419. The van der Waals surface area contributed by atoms with Gasteiger partial charge in [-0.2, -0.15) is 0 Å². The van der Waals surface area contributed by atoms with Crippen molar-refractivity contribution in [2.24, 2.45) is 5.73 Å². The Balaban J connectivity index is 0.000000169. The number of likely N-dealkylation sites (tertiary alicyclic amines) is 1. The molecule has 0 unspecified atom stereocenters. The van der Waals surface area contributed by atoms with Crippen molar-refractivity contribution in [2.75, 3.05) is 19.6 Å². The van der Waals surface area contributed by atoms with Crippen molar-refractivity contribution < 1.29 is 18.7 Å². The number of ether oxygens (including phenoxy) is 1.